The summed E-state index contributed by atoms with van der Waals surface area (Å²) in [6.45, 7) is 2.04. The normalized spacial score (nSPS) is 46.3. The summed E-state index contributed by atoms with van der Waals surface area (Å²) in [5, 5.41) is 0. The fourth-order valence-corrected chi connectivity index (χ4v) is 3.71. The third-order valence-electron chi connectivity index (χ3n) is 4.88. The van der Waals surface area contributed by atoms with Crippen molar-refractivity contribution in [3.05, 3.63) is 0 Å². The van der Waals surface area contributed by atoms with Gasteiger partial charge in [-0.25, -0.2) is 17.6 Å². The highest BCUT2D eigenvalue weighted by Gasteiger charge is 2.42. The van der Waals surface area contributed by atoms with Crippen molar-refractivity contribution in [1.29, 1.82) is 0 Å². The lowest BCUT2D eigenvalue weighted by atomic mass is 9.68. The second kappa shape index (κ2) is 5.79. The summed E-state index contributed by atoms with van der Waals surface area (Å²) < 4.78 is 52.8. The van der Waals surface area contributed by atoms with Crippen molar-refractivity contribution in [2.45, 2.75) is 64.2 Å². The van der Waals surface area contributed by atoms with E-state index in [0.29, 0.717) is 18.8 Å². The first kappa shape index (κ1) is 14.1. The molecule has 0 amide bonds. The first-order valence-corrected chi connectivity index (χ1v) is 7.05. The van der Waals surface area contributed by atoms with Gasteiger partial charge in [0.2, 0.25) is 6.43 Å². The zero-order chi connectivity index (χ0) is 13.3. The Labute approximate surface area is 106 Å². The van der Waals surface area contributed by atoms with Crippen molar-refractivity contribution in [2.75, 3.05) is 0 Å². The van der Waals surface area contributed by atoms with E-state index in [9.17, 15) is 17.6 Å². The van der Waals surface area contributed by atoms with Gasteiger partial charge in [-0.05, 0) is 49.9 Å². The van der Waals surface area contributed by atoms with Gasteiger partial charge in [-0.1, -0.05) is 13.3 Å². The SMILES string of the molecule is CC1CCC(C2CCC(C(F)F)C(F)C2)C(F)C1. The fraction of sp³-hybridized carbons (Fsp3) is 1.00. The van der Waals surface area contributed by atoms with E-state index in [1.165, 1.54) is 0 Å². The minimum Gasteiger partial charge on any atom is -0.247 e. The quantitative estimate of drug-likeness (QED) is 0.631. The summed E-state index contributed by atoms with van der Waals surface area (Å²) in [5.74, 6) is -0.854. The van der Waals surface area contributed by atoms with Crippen LogP contribution in [0.2, 0.25) is 0 Å². The van der Waals surface area contributed by atoms with E-state index in [4.69, 9.17) is 0 Å². The van der Waals surface area contributed by atoms with Gasteiger partial charge in [-0.2, -0.15) is 0 Å². The van der Waals surface area contributed by atoms with Crippen LogP contribution in [0.5, 0.6) is 0 Å². The first-order valence-electron chi connectivity index (χ1n) is 7.05. The van der Waals surface area contributed by atoms with Crippen molar-refractivity contribution in [1.82, 2.24) is 0 Å². The largest absolute Gasteiger partial charge is 0.247 e. The third kappa shape index (κ3) is 3.00. The Morgan fingerprint density at radius 2 is 1.61 bits per heavy atom. The molecular formula is C14H22F4. The lowest BCUT2D eigenvalue weighted by Crippen LogP contribution is -2.38. The van der Waals surface area contributed by atoms with E-state index in [-0.39, 0.29) is 24.7 Å². The van der Waals surface area contributed by atoms with Crippen LogP contribution >= 0.6 is 0 Å². The van der Waals surface area contributed by atoms with Crippen LogP contribution in [-0.4, -0.2) is 18.8 Å². The third-order valence-corrected chi connectivity index (χ3v) is 4.88. The topological polar surface area (TPSA) is 0 Å². The lowest BCUT2D eigenvalue weighted by molar-refractivity contribution is -0.0284. The number of hydrogen-bond donors (Lipinski definition) is 0. The zero-order valence-corrected chi connectivity index (χ0v) is 10.8. The molecule has 2 aliphatic carbocycles. The molecule has 0 aromatic carbocycles. The van der Waals surface area contributed by atoms with Crippen molar-refractivity contribution in [2.24, 2.45) is 23.7 Å². The minimum absolute atomic E-state index is 0.0301. The summed E-state index contributed by atoms with van der Waals surface area (Å²) in [6, 6.07) is 0. The van der Waals surface area contributed by atoms with Gasteiger partial charge in [0.25, 0.3) is 0 Å². The first-order chi connectivity index (χ1) is 8.49. The van der Waals surface area contributed by atoms with Crippen LogP contribution in [0, 0.1) is 23.7 Å². The number of rotatable bonds is 2. The molecule has 0 radical (unpaired) electrons. The highest BCUT2D eigenvalue weighted by atomic mass is 19.3. The maximum absolute atomic E-state index is 14.0. The van der Waals surface area contributed by atoms with Gasteiger partial charge in [0.1, 0.15) is 12.3 Å². The molecule has 0 aromatic rings. The Hall–Kier alpha value is -0.280. The van der Waals surface area contributed by atoms with Gasteiger partial charge in [0, 0.05) is 0 Å². The molecule has 0 heterocycles. The molecule has 2 saturated carbocycles. The number of hydrogen-bond acceptors (Lipinski definition) is 0. The van der Waals surface area contributed by atoms with Crippen LogP contribution in [-0.2, 0) is 0 Å². The van der Waals surface area contributed by atoms with Gasteiger partial charge >= 0.3 is 0 Å². The Kier molecular flexibility index (Phi) is 4.54. The molecule has 6 unspecified atom stereocenters. The van der Waals surface area contributed by atoms with E-state index in [2.05, 4.69) is 0 Å². The van der Waals surface area contributed by atoms with Gasteiger partial charge < -0.3 is 0 Å². The summed E-state index contributed by atoms with van der Waals surface area (Å²) in [5.41, 5.74) is 0. The number of alkyl halides is 4. The lowest BCUT2D eigenvalue weighted by Gasteiger charge is -2.40. The molecule has 0 spiro atoms. The van der Waals surface area contributed by atoms with Crippen molar-refractivity contribution >= 4 is 0 Å². The Bertz CT molecular complexity index is 269. The molecule has 0 N–H and O–H groups in total. The molecular weight excluding hydrogens is 244 g/mol. The molecule has 106 valence electrons. The van der Waals surface area contributed by atoms with Crippen molar-refractivity contribution < 1.29 is 17.6 Å². The Morgan fingerprint density at radius 1 is 0.889 bits per heavy atom. The average Bonchev–Trinajstić information content (AvgIpc) is 2.28. The van der Waals surface area contributed by atoms with Crippen LogP contribution in [0.3, 0.4) is 0 Å². The van der Waals surface area contributed by atoms with Crippen LogP contribution in [0.4, 0.5) is 17.6 Å². The molecule has 0 bridgehead atoms. The molecule has 2 fully saturated rings. The highest BCUT2D eigenvalue weighted by Crippen LogP contribution is 2.44. The van der Waals surface area contributed by atoms with Gasteiger partial charge in [-0.3, -0.25) is 0 Å². The van der Waals surface area contributed by atoms with Crippen molar-refractivity contribution in [3.8, 4) is 0 Å². The molecule has 0 aromatic heterocycles. The number of halogens is 4. The van der Waals surface area contributed by atoms with E-state index in [1.54, 1.807) is 0 Å². The smallest absolute Gasteiger partial charge is 0.244 e. The predicted octanol–water partition coefficient (Wildman–Crippen LogP) is 4.78. The standard InChI is InChI=1S/C14H22F4/c1-8-2-4-10(12(15)6-8)9-3-5-11(14(17)18)13(16)7-9/h8-14H,2-7H2,1H3. The monoisotopic (exact) mass is 266 g/mol. The predicted molar refractivity (Wildman–Crippen MR) is 63.1 cm³/mol. The molecule has 0 nitrogen and oxygen atoms in total. The van der Waals surface area contributed by atoms with Crippen molar-refractivity contribution in [3.63, 3.8) is 0 Å². The van der Waals surface area contributed by atoms with Crippen LogP contribution in [0.25, 0.3) is 0 Å². The molecule has 0 saturated heterocycles. The van der Waals surface area contributed by atoms with E-state index in [0.717, 1.165) is 12.8 Å². The molecule has 4 heteroatoms. The van der Waals surface area contributed by atoms with Gasteiger partial charge in [0.15, 0.2) is 0 Å². The molecule has 2 rings (SSSR count). The Morgan fingerprint density at radius 3 is 2.17 bits per heavy atom. The fourth-order valence-electron chi connectivity index (χ4n) is 3.71. The van der Waals surface area contributed by atoms with Crippen LogP contribution in [0.15, 0.2) is 0 Å². The van der Waals surface area contributed by atoms with E-state index >= 15 is 0 Å². The average molecular weight is 266 g/mol. The second-order valence-corrected chi connectivity index (χ2v) is 6.19. The van der Waals surface area contributed by atoms with E-state index < -0.39 is 24.7 Å². The summed E-state index contributed by atoms with van der Waals surface area (Å²) in [4.78, 5) is 0. The van der Waals surface area contributed by atoms with Crippen LogP contribution < -0.4 is 0 Å². The summed E-state index contributed by atoms with van der Waals surface area (Å²) in [6.07, 6.45) is -1.66. The van der Waals surface area contributed by atoms with Gasteiger partial charge in [-0.15, -0.1) is 0 Å². The van der Waals surface area contributed by atoms with Gasteiger partial charge in [0.05, 0.1) is 5.92 Å². The minimum atomic E-state index is -2.58. The Balaban J connectivity index is 1.92. The van der Waals surface area contributed by atoms with E-state index in [1.807, 2.05) is 6.92 Å². The molecule has 6 atom stereocenters. The maximum Gasteiger partial charge on any atom is 0.244 e. The summed E-state index contributed by atoms with van der Waals surface area (Å²) in [7, 11) is 0. The highest BCUT2D eigenvalue weighted by molar-refractivity contribution is 4.89. The molecule has 2 aliphatic rings. The molecule has 0 aliphatic heterocycles. The maximum atomic E-state index is 14.0. The second-order valence-electron chi connectivity index (χ2n) is 6.19. The molecule has 18 heavy (non-hydrogen) atoms. The zero-order valence-electron chi connectivity index (χ0n) is 10.8. The summed E-state index contributed by atoms with van der Waals surface area (Å²) >= 11 is 0. The van der Waals surface area contributed by atoms with Crippen LogP contribution in [0.1, 0.15) is 45.4 Å².